The molecule has 1 aromatic carbocycles. The van der Waals surface area contributed by atoms with Gasteiger partial charge in [0.1, 0.15) is 11.6 Å². The third-order valence-corrected chi connectivity index (χ3v) is 4.78. The third-order valence-electron chi connectivity index (χ3n) is 4.78. The molecule has 0 saturated heterocycles. The summed E-state index contributed by atoms with van der Waals surface area (Å²) < 4.78 is 0. The van der Waals surface area contributed by atoms with Crippen LogP contribution in [0.2, 0.25) is 0 Å². The molecule has 3 aromatic rings. The Morgan fingerprint density at radius 1 is 1.27 bits per heavy atom. The number of rotatable bonds is 9. The van der Waals surface area contributed by atoms with Gasteiger partial charge in [0, 0.05) is 29.1 Å². The quantitative estimate of drug-likeness (QED) is 0.211. The molecule has 8 nitrogen and oxygen atoms in total. The van der Waals surface area contributed by atoms with Crippen LogP contribution in [0.15, 0.2) is 66.6 Å². The van der Waals surface area contributed by atoms with Crippen molar-refractivity contribution >= 4 is 11.8 Å². The lowest BCUT2D eigenvalue weighted by atomic mass is 10.2. The van der Waals surface area contributed by atoms with E-state index in [-0.39, 0.29) is 0 Å². The minimum atomic E-state index is 0.486. The molecule has 0 unspecified atom stereocenters. The SMILES string of the molecule is C=C(/C=C(\NN)C1CC1)Nc1cc(C)nc(NCc2ncc(-c3ccccc3)[nH]2)n1. The van der Waals surface area contributed by atoms with E-state index in [0.717, 1.165) is 47.0 Å². The average molecular weight is 403 g/mol. The van der Waals surface area contributed by atoms with Gasteiger partial charge in [0.25, 0.3) is 0 Å². The maximum atomic E-state index is 5.61. The minimum absolute atomic E-state index is 0.486. The first-order valence-electron chi connectivity index (χ1n) is 9.93. The molecule has 1 saturated carbocycles. The number of imidazole rings is 1. The number of allylic oxidation sites excluding steroid dienone is 2. The van der Waals surface area contributed by atoms with Gasteiger partial charge in [-0.1, -0.05) is 36.9 Å². The standard InChI is InChI=1S/C22H26N8/c1-14(10-18(30-23)17-8-9-17)26-20-11-15(2)27-22(29-20)25-13-21-24-12-19(28-21)16-6-4-3-5-7-16/h3-7,10-12,17,30H,1,8-9,13,23H2,2H3,(H,24,28)(H2,25,26,27,29)/b18-10-. The number of anilines is 2. The Labute approximate surface area is 175 Å². The number of nitrogens with two attached hydrogens (primary N) is 1. The van der Waals surface area contributed by atoms with Gasteiger partial charge in [0.05, 0.1) is 18.4 Å². The molecule has 0 aliphatic heterocycles. The Morgan fingerprint density at radius 2 is 2.07 bits per heavy atom. The number of H-pyrrole nitrogens is 1. The van der Waals surface area contributed by atoms with Crippen molar-refractivity contribution in [3.8, 4) is 11.3 Å². The molecule has 0 radical (unpaired) electrons. The van der Waals surface area contributed by atoms with E-state index in [2.05, 4.69) is 42.6 Å². The summed E-state index contributed by atoms with van der Waals surface area (Å²) in [6.07, 6.45) is 6.07. The normalized spacial score (nSPS) is 13.7. The molecule has 6 N–H and O–H groups in total. The first kappa shape index (κ1) is 19.7. The van der Waals surface area contributed by atoms with Crippen LogP contribution in [0.3, 0.4) is 0 Å². The molecule has 1 fully saturated rings. The number of nitrogens with zero attached hydrogens (tertiary/aromatic N) is 3. The van der Waals surface area contributed by atoms with Gasteiger partial charge in [-0.2, -0.15) is 4.98 Å². The molecule has 2 aromatic heterocycles. The predicted molar refractivity (Wildman–Crippen MR) is 119 cm³/mol. The summed E-state index contributed by atoms with van der Waals surface area (Å²) >= 11 is 0. The molecule has 4 rings (SSSR count). The van der Waals surface area contributed by atoms with Crippen LogP contribution >= 0.6 is 0 Å². The third kappa shape index (κ3) is 5.03. The van der Waals surface area contributed by atoms with Crippen molar-refractivity contribution in [2.75, 3.05) is 10.6 Å². The molecular formula is C22H26N8. The Bertz CT molecular complexity index is 1050. The number of hydrogen-bond acceptors (Lipinski definition) is 7. The molecule has 1 aliphatic rings. The molecule has 0 spiro atoms. The fraction of sp³-hybridized carbons (Fsp3) is 0.227. The van der Waals surface area contributed by atoms with Crippen molar-refractivity contribution in [1.29, 1.82) is 0 Å². The fourth-order valence-electron chi connectivity index (χ4n) is 3.15. The zero-order valence-corrected chi connectivity index (χ0v) is 16.9. The number of benzene rings is 1. The highest BCUT2D eigenvalue weighted by Gasteiger charge is 2.25. The van der Waals surface area contributed by atoms with E-state index in [1.807, 2.05) is 55.6 Å². The van der Waals surface area contributed by atoms with Crippen molar-refractivity contribution in [3.63, 3.8) is 0 Å². The van der Waals surface area contributed by atoms with Crippen LogP contribution in [0, 0.1) is 12.8 Å². The van der Waals surface area contributed by atoms with Crippen LogP contribution < -0.4 is 21.9 Å². The van der Waals surface area contributed by atoms with Gasteiger partial charge in [0.15, 0.2) is 0 Å². The monoisotopic (exact) mass is 402 g/mol. The summed E-state index contributed by atoms with van der Waals surface area (Å²) in [4.78, 5) is 16.7. The second-order valence-corrected chi connectivity index (χ2v) is 7.35. The number of aryl methyl sites for hydroxylation is 1. The lowest BCUT2D eigenvalue weighted by molar-refractivity contribution is 0.786. The number of nitrogens with one attached hydrogen (secondary N) is 4. The van der Waals surface area contributed by atoms with Gasteiger partial charge >= 0.3 is 0 Å². The maximum absolute atomic E-state index is 5.61. The summed E-state index contributed by atoms with van der Waals surface area (Å²) in [6, 6.07) is 12.0. The van der Waals surface area contributed by atoms with Crippen LogP contribution in [0.1, 0.15) is 24.4 Å². The number of hydrazine groups is 1. The summed E-state index contributed by atoms with van der Waals surface area (Å²) in [5.74, 6) is 8.11. The predicted octanol–water partition coefficient (Wildman–Crippen LogP) is 3.47. The van der Waals surface area contributed by atoms with Crippen LogP contribution in [0.4, 0.5) is 11.8 Å². The second-order valence-electron chi connectivity index (χ2n) is 7.35. The molecule has 30 heavy (non-hydrogen) atoms. The molecule has 0 amide bonds. The topological polar surface area (TPSA) is 117 Å². The van der Waals surface area contributed by atoms with E-state index in [0.29, 0.717) is 24.2 Å². The van der Waals surface area contributed by atoms with Crippen LogP contribution in [0.25, 0.3) is 11.3 Å². The first-order chi connectivity index (χ1) is 14.6. The summed E-state index contributed by atoms with van der Waals surface area (Å²) in [5.41, 5.74) is 7.38. The molecule has 1 aliphatic carbocycles. The molecular weight excluding hydrogens is 376 g/mol. The van der Waals surface area contributed by atoms with Gasteiger partial charge in [-0.15, -0.1) is 0 Å². The number of hydrogen-bond donors (Lipinski definition) is 5. The number of aromatic amines is 1. The fourth-order valence-corrected chi connectivity index (χ4v) is 3.15. The minimum Gasteiger partial charge on any atom is -0.347 e. The van der Waals surface area contributed by atoms with E-state index in [1.54, 1.807) is 0 Å². The van der Waals surface area contributed by atoms with Crippen molar-refractivity contribution < 1.29 is 0 Å². The number of aromatic nitrogens is 4. The highest BCUT2D eigenvalue weighted by molar-refractivity contribution is 5.58. The molecule has 2 heterocycles. The zero-order chi connectivity index (χ0) is 20.9. The van der Waals surface area contributed by atoms with Gasteiger partial charge in [-0.3, -0.25) is 5.84 Å². The van der Waals surface area contributed by atoms with Gasteiger partial charge in [-0.05, 0) is 31.4 Å². The Balaban J connectivity index is 1.40. The van der Waals surface area contributed by atoms with Crippen molar-refractivity contribution in [1.82, 2.24) is 25.4 Å². The Hall–Kier alpha value is -3.65. The largest absolute Gasteiger partial charge is 0.347 e. The first-order valence-corrected chi connectivity index (χ1v) is 9.93. The average Bonchev–Trinajstić information content (AvgIpc) is 3.48. The van der Waals surface area contributed by atoms with Crippen molar-refractivity contribution in [2.45, 2.75) is 26.3 Å². The zero-order valence-electron chi connectivity index (χ0n) is 16.9. The van der Waals surface area contributed by atoms with Gasteiger partial charge in [0.2, 0.25) is 5.95 Å². The molecule has 8 heteroatoms. The van der Waals surface area contributed by atoms with Gasteiger partial charge < -0.3 is 21.0 Å². The highest BCUT2D eigenvalue weighted by atomic mass is 15.2. The highest BCUT2D eigenvalue weighted by Crippen LogP contribution is 2.35. The lowest BCUT2D eigenvalue weighted by Gasteiger charge is -2.11. The lowest BCUT2D eigenvalue weighted by Crippen LogP contribution is -2.22. The van der Waals surface area contributed by atoms with E-state index in [4.69, 9.17) is 5.84 Å². The van der Waals surface area contributed by atoms with Crippen LogP contribution in [-0.2, 0) is 6.54 Å². The van der Waals surface area contributed by atoms with Crippen LogP contribution in [-0.4, -0.2) is 19.9 Å². The summed E-state index contributed by atoms with van der Waals surface area (Å²) in [5, 5.41) is 6.44. The van der Waals surface area contributed by atoms with E-state index >= 15 is 0 Å². The van der Waals surface area contributed by atoms with Crippen LogP contribution in [0.5, 0.6) is 0 Å². The molecule has 154 valence electrons. The van der Waals surface area contributed by atoms with Gasteiger partial charge in [-0.25, -0.2) is 9.97 Å². The maximum Gasteiger partial charge on any atom is 0.225 e. The van der Waals surface area contributed by atoms with Crippen molar-refractivity contribution in [2.24, 2.45) is 11.8 Å². The smallest absolute Gasteiger partial charge is 0.225 e. The van der Waals surface area contributed by atoms with E-state index in [1.165, 1.54) is 0 Å². The summed E-state index contributed by atoms with van der Waals surface area (Å²) in [7, 11) is 0. The summed E-state index contributed by atoms with van der Waals surface area (Å²) in [6.45, 7) is 6.46. The molecule has 0 bridgehead atoms. The Morgan fingerprint density at radius 3 is 2.80 bits per heavy atom. The van der Waals surface area contributed by atoms with Crippen molar-refractivity contribution in [3.05, 3.63) is 78.2 Å². The molecule has 0 atom stereocenters. The van der Waals surface area contributed by atoms with E-state index < -0.39 is 0 Å². The second kappa shape index (κ2) is 8.79. The Kier molecular flexibility index (Phi) is 5.76. The van der Waals surface area contributed by atoms with E-state index in [9.17, 15) is 0 Å².